The smallest absolute Gasteiger partial charge is 0.240 e. The lowest BCUT2D eigenvalue weighted by Crippen LogP contribution is -2.50. The Morgan fingerprint density at radius 1 is 0.760 bits per heavy atom. The van der Waals surface area contributed by atoms with Crippen molar-refractivity contribution in [3.05, 3.63) is 144 Å². The molecular formula is C39H41N5O5S. The van der Waals surface area contributed by atoms with E-state index in [4.69, 9.17) is 9.47 Å². The summed E-state index contributed by atoms with van der Waals surface area (Å²) in [6.45, 7) is 4.39. The molecule has 0 bridgehead atoms. The number of nitrogens with one attached hydrogen (secondary N) is 1. The SMILES string of the molecule is O=S(=O)(NCc1ccccc1-c1ccc(C2OC(CN3CCN(c4ncccn4)CC3)CC(c3ccc(CO)cc3)O2)cc1)c1ccccc1. The highest BCUT2D eigenvalue weighted by Gasteiger charge is 2.34. The Morgan fingerprint density at radius 2 is 1.44 bits per heavy atom. The molecular weight excluding hydrogens is 651 g/mol. The normalized spacial score (nSPS) is 20.1. The first kappa shape index (κ1) is 34.0. The van der Waals surface area contributed by atoms with E-state index in [2.05, 4.69) is 24.5 Å². The van der Waals surface area contributed by atoms with Crippen LogP contribution < -0.4 is 9.62 Å². The second-order valence-electron chi connectivity index (χ2n) is 12.6. The van der Waals surface area contributed by atoms with Crippen molar-refractivity contribution in [2.45, 2.75) is 43.0 Å². The summed E-state index contributed by atoms with van der Waals surface area (Å²) in [5.41, 5.74) is 5.60. The molecule has 0 amide bonds. The average Bonchev–Trinajstić information content (AvgIpc) is 3.18. The number of benzene rings is 4. The molecule has 2 saturated heterocycles. The Morgan fingerprint density at radius 3 is 2.16 bits per heavy atom. The molecule has 2 fully saturated rings. The van der Waals surface area contributed by atoms with Crippen molar-refractivity contribution in [1.82, 2.24) is 19.6 Å². The number of ether oxygens (including phenoxy) is 2. The van der Waals surface area contributed by atoms with E-state index in [0.717, 1.165) is 72.1 Å². The van der Waals surface area contributed by atoms with Crippen molar-refractivity contribution in [3.63, 3.8) is 0 Å². The van der Waals surface area contributed by atoms with Gasteiger partial charge in [-0.05, 0) is 46.0 Å². The van der Waals surface area contributed by atoms with E-state index in [9.17, 15) is 13.5 Å². The molecule has 0 aliphatic carbocycles. The fraction of sp³-hybridized carbons (Fsp3) is 0.282. The van der Waals surface area contributed by atoms with Crippen molar-refractivity contribution < 1.29 is 23.0 Å². The minimum atomic E-state index is -3.65. The van der Waals surface area contributed by atoms with E-state index >= 15 is 0 Å². The first-order chi connectivity index (χ1) is 24.4. The van der Waals surface area contributed by atoms with Gasteiger partial charge in [-0.1, -0.05) is 91.0 Å². The van der Waals surface area contributed by atoms with E-state index in [0.29, 0.717) is 6.42 Å². The van der Waals surface area contributed by atoms with Gasteiger partial charge < -0.3 is 19.5 Å². The van der Waals surface area contributed by atoms with Gasteiger partial charge in [-0.15, -0.1) is 0 Å². The molecule has 0 saturated carbocycles. The maximum absolute atomic E-state index is 12.9. The van der Waals surface area contributed by atoms with Gasteiger partial charge in [0.2, 0.25) is 16.0 Å². The average molecular weight is 692 g/mol. The number of anilines is 1. The van der Waals surface area contributed by atoms with Crippen LogP contribution in [0.25, 0.3) is 11.1 Å². The number of aliphatic hydroxyl groups excluding tert-OH is 1. The standard InChI is InChI=1S/C39H41N5O5S/c45-28-29-11-13-31(14-12-29)37-25-34(27-43-21-23-44(24-22-43)39-40-19-6-20-41-39)48-38(49-37)32-17-15-30(16-18-32)36-10-5-4-7-33(36)26-42-50(46,47)35-8-2-1-3-9-35/h1-20,34,37-38,42,45H,21-28H2. The number of sulfonamides is 1. The molecule has 50 heavy (non-hydrogen) atoms. The van der Waals surface area contributed by atoms with Crippen LogP contribution in [0.15, 0.2) is 126 Å². The molecule has 7 rings (SSSR count). The first-order valence-electron chi connectivity index (χ1n) is 16.9. The minimum Gasteiger partial charge on any atom is -0.392 e. The van der Waals surface area contributed by atoms with Gasteiger partial charge in [0.05, 0.1) is 23.7 Å². The Labute approximate surface area is 293 Å². The number of hydrogen-bond donors (Lipinski definition) is 2. The molecule has 5 aromatic rings. The van der Waals surface area contributed by atoms with Crippen LogP contribution in [0.4, 0.5) is 5.95 Å². The van der Waals surface area contributed by atoms with E-state index in [-0.39, 0.29) is 30.3 Å². The lowest BCUT2D eigenvalue weighted by Gasteiger charge is -2.40. The monoisotopic (exact) mass is 691 g/mol. The number of nitrogens with zero attached hydrogens (tertiary/aromatic N) is 4. The Kier molecular flexibility index (Phi) is 10.6. The van der Waals surface area contributed by atoms with E-state index in [1.807, 2.05) is 78.9 Å². The van der Waals surface area contributed by atoms with E-state index < -0.39 is 16.3 Å². The molecule has 11 heteroatoms. The summed E-state index contributed by atoms with van der Waals surface area (Å²) < 4.78 is 41.8. The van der Waals surface area contributed by atoms with Crippen LogP contribution in [-0.4, -0.2) is 67.2 Å². The summed E-state index contributed by atoms with van der Waals surface area (Å²) >= 11 is 0. The Bertz CT molecular complexity index is 1940. The topological polar surface area (TPSA) is 117 Å². The van der Waals surface area contributed by atoms with Crippen molar-refractivity contribution in [2.75, 3.05) is 37.6 Å². The first-order valence-corrected chi connectivity index (χ1v) is 18.4. The zero-order chi connectivity index (χ0) is 34.3. The third kappa shape index (κ3) is 8.10. The lowest BCUT2D eigenvalue weighted by atomic mass is 9.97. The zero-order valence-electron chi connectivity index (χ0n) is 27.7. The summed E-state index contributed by atoms with van der Waals surface area (Å²) in [5.74, 6) is 0.764. The highest BCUT2D eigenvalue weighted by Crippen LogP contribution is 2.39. The molecule has 4 aromatic carbocycles. The number of aromatic nitrogens is 2. The quantitative estimate of drug-likeness (QED) is 0.186. The van der Waals surface area contributed by atoms with Crippen LogP contribution >= 0.6 is 0 Å². The molecule has 0 radical (unpaired) electrons. The fourth-order valence-electron chi connectivity index (χ4n) is 6.54. The van der Waals surface area contributed by atoms with Gasteiger partial charge in [-0.3, -0.25) is 4.90 Å². The highest BCUT2D eigenvalue weighted by molar-refractivity contribution is 7.89. The maximum atomic E-state index is 12.9. The Balaban J connectivity index is 1.06. The Hall–Kier alpha value is -4.49. The maximum Gasteiger partial charge on any atom is 0.240 e. The predicted octanol–water partition coefficient (Wildman–Crippen LogP) is 5.48. The van der Waals surface area contributed by atoms with Crippen molar-refractivity contribution in [1.29, 1.82) is 0 Å². The van der Waals surface area contributed by atoms with Crippen LogP contribution in [0.5, 0.6) is 0 Å². The summed E-state index contributed by atoms with van der Waals surface area (Å²) in [4.78, 5) is 13.7. The molecule has 3 heterocycles. The van der Waals surface area contributed by atoms with E-state index in [1.165, 1.54) is 0 Å². The molecule has 2 aliphatic rings. The third-order valence-electron chi connectivity index (χ3n) is 9.30. The molecule has 258 valence electrons. The third-order valence-corrected chi connectivity index (χ3v) is 10.7. The van der Waals surface area contributed by atoms with Crippen LogP contribution in [0.2, 0.25) is 0 Å². The number of hydrogen-bond acceptors (Lipinski definition) is 9. The van der Waals surface area contributed by atoms with Crippen molar-refractivity contribution >= 4 is 16.0 Å². The molecule has 2 N–H and O–H groups in total. The summed E-state index contributed by atoms with van der Waals surface area (Å²) in [6.07, 6.45) is 3.46. The van der Waals surface area contributed by atoms with Gasteiger partial charge in [-0.25, -0.2) is 23.1 Å². The molecule has 2 aliphatic heterocycles. The largest absolute Gasteiger partial charge is 0.392 e. The molecule has 10 nitrogen and oxygen atoms in total. The van der Waals surface area contributed by atoms with Crippen molar-refractivity contribution in [2.24, 2.45) is 0 Å². The van der Waals surface area contributed by atoms with Gasteiger partial charge in [0, 0.05) is 63.6 Å². The molecule has 3 atom stereocenters. The summed E-state index contributed by atoms with van der Waals surface area (Å²) in [6, 6.07) is 34.1. The van der Waals surface area contributed by atoms with Crippen LogP contribution in [0.1, 0.15) is 41.1 Å². The fourth-order valence-corrected chi connectivity index (χ4v) is 7.57. The molecule has 3 unspecified atom stereocenters. The van der Waals surface area contributed by atoms with E-state index in [1.54, 1.807) is 42.7 Å². The van der Waals surface area contributed by atoms with Gasteiger partial charge in [0.1, 0.15) is 0 Å². The summed E-state index contributed by atoms with van der Waals surface area (Å²) in [5, 5.41) is 9.58. The summed E-state index contributed by atoms with van der Waals surface area (Å²) in [7, 11) is -3.65. The van der Waals surface area contributed by atoms with Gasteiger partial charge >= 0.3 is 0 Å². The number of piperazine rings is 1. The molecule has 0 spiro atoms. The number of rotatable bonds is 11. The molecule has 1 aromatic heterocycles. The van der Waals surface area contributed by atoms with Crippen LogP contribution in [0, 0.1) is 0 Å². The second kappa shape index (κ2) is 15.6. The van der Waals surface area contributed by atoms with Gasteiger partial charge in [0.15, 0.2) is 6.29 Å². The number of aliphatic hydroxyl groups is 1. The minimum absolute atomic E-state index is 0.00541. The zero-order valence-corrected chi connectivity index (χ0v) is 28.5. The van der Waals surface area contributed by atoms with Crippen LogP contribution in [0.3, 0.4) is 0 Å². The van der Waals surface area contributed by atoms with Gasteiger partial charge in [-0.2, -0.15) is 0 Å². The van der Waals surface area contributed by atoms with Crippen molar-refractivity contribution in [3.8, 4) is 11.1 Å². The van der Waals surface area contributed by atoms with Crippen LogP contribution in [-0.2, 0) is 32.6 Å². The lowest BCUT2D eigenvalue weighted by molar-refractivity contribution is -0.253. The predicted molar refractivity (Wildman–Crippen MR) is 191 cm³/mol. The highest BCUT2D eigenvalue weighted by atomic mass is 32.2. The van der Waals surface area contributed by atoms with Gasteiger partial charge in [0.25, 0.3) is 0 Å². The second-order valence-corrected chi connectivity index (χ2v) is 14.4.